The summed E-state index contributed by atoms with van der Waals surface area (Å²) in [6, 6.07) is 9.58. The molecule has 0 saturated heterocycles. The molecule has 18 heavy (non-hydrogen) atoms. The number of terminal acetylenes is 1. The fraction of sp³-hybridized carbons (Fsp3) is 0.400. The van der Waals surface area contributed by atoms with E-state index in [4.69, 9.17) is 12.2 Å². The topological polar surface area (TPSA) is 55.1 Å². The van der Waals surface area contributed by atoms with Crippen LogP contribution in [0, 0.1) is 12.3 Å². The van der Waals surface area contributed by atoms with Crippen molar-refractivity contribution in [3.05, 3.63) is 35.9 Å². The third-order valence-corrected chi connectivity index (χ3v) is 2.72. The van der Waals surface area contributed by atoms with Gasteiger partial charge in [0, 0.05) is 13.0 Å². The fourth-order valence-electron chi connectivity index (χ4n) is 1.63. The maximum atomic E-state index is 11.6. The van der Waals surface area contributed by atoms with Gasteiger partial charge < -0.3 is 11.1 Å². The van der Waals surface area contributed by atoms with Gasteiger partial charge in [-0.05, 0) is 24.8 Å². The maximum absolute atomic E-state index is 11.6. The van der Waals surface area contributed by atoms with Crippen molar-refractivity contribution in [2.24, 2.45) is 5.73 Å². The standard InChI is InChI=1S/C15H20N2O/c1-2-3-7-12-17-15(18)14(16)11-10-13-8-5-4-6-9-13/h1,4-6,8-9,14H,3,7,10-12,16H2,(H,17,18). The van der Waals surface area contributed by atoms with Crippen molar-refractivity contribution in [3.63, 3.8) is 0 Å². The van der Waals surface area contributed by atoms with Gasteiger partial charge in [0.15, 0.2) is 0 Å². The summed E-state index contributed by atoms with van der Waals surface area (Å²) in [7, 11) is 0. The summed E-state index contributed by atoms with van der Waals surface area (Å²) in [4.78, 5) is 11.6. The first-order valence-electron chi connectivity index (χ1n) is 6.24. The van der Waals surface area contributed by atoms with E-state index in [0.29, 0.717) is 19.4 Å². The van der Waals surface area contributed by atoms with Crippen LogP contribution in [-0.2, 0) is 11.2 Å². The molecule has 1 unspecified atom stereocenters. The molecule has 3 heteroatoms. The molecule has 1 aromatic carbocycles. The molecule has 0 heterocycles. The van der Waals surface area contributed by atoms with Crippen LogP contribution in [0.3, 0.4) is 0 Å². The van der Waals surface area contributed by atoms with Gasteiger partial charge in [0.2, 0.25) is 5.91 Å². The molecule has 1 aromatic rings. The normalized spacial score (nSPS) is 11.6. The molecule has 1 amide bonds. The van der Waals surface area contributed by atoms with Crippen LogP contribution in [-0.4, -0.2) is 18.5 Å². The van der Waals surface area contributed by atoms with Crippen molar-refractivity contribution < 1.29 is 4.79 Å². The lowest BCUT2D eigenvalue weighted by molar-refractivity contribution is -0.122. The Morgan fingerprint density at radius 1 is 1.39 bits per heavy atom. The zero-order valence-electron chi connectivity index (χ0n) is 10.6. The lowest BCUT2D eigenvalue weighted by Gasteiger charge is -2.11. The zero-order valence-corrected chi connectivity index (χ0v) is 10.6. The Labute approximate surface area is 109 Å². The van der Waals surface area contributed by atoms with Crippen LogP contribution in [0.1, 0.15) is 24.8 Å². The molecule has 0 spiro atoms. The minimum atomic E-state index is -0.448. The lowest BCUT2D eigenvalue weighted by Crippen LogP contribution is -2.41. The van der Waals surface area contributed by atoms with Gasteiger partial charge in [-0.2, -0.15) is 0 Å². The van der Waals surface area contributed by atoms with Crippen molar-refractivity contribution in [3.8, 4) is 12.3 Å². The van der Waals surface area contributed by atoms with E-state index in [2.05, 4.69) is 11.2 Å². The second-order valence-corrected chi connectivity index (χ2v) is 4.23. The third-order valence-electron chi connectivity index (χ3n) is 2.72. The molecule has 0 aliphatic rings. The number of unbranched alkanes of at least 4 members (excludes halogenated alkanes) is 1. The summed E-state index contributed by atoms with van der Waals surface area (Å²) in [5.41, 5.74) is 7.03. The predicted molar refractivity (Wildman–Crippen MR) is 73.8 cm³/mol. The molecule has 96 valence electrons. The number of nitrogens with two attached hydrogens (primary N) is 1. The molecule has 0 radical (unpaired) electrons. The average Bonchev–Trinajstić information content (AvgIpc) is 2.42. The molecule has 0 aromatic heterocycles. The van der Waals surface area contributed by atoms with E-state index in [0.717, 1.165) is 12.8 Å². The Kier molecular flexibility index (Phi) is 6.60. The van der Waals surface area contributed by atoms with E-state index in [9.17, 15) is 4.79 Å². The smallest absolute Gasteiger partial charge is 0.236 e. The molecule has 3 N–H and O–H groups in total. The Bertz CT molecular complexity index is 395. The molecule has 0 fully saturated rings. The van der Waals surface area contributed by atoms with Gasteiger partial charge in [0.1, 0.15) is 0 Å². The Morgan fingerprint density at radius 3 is 2.78 bits per heavy atom. The number of nitrogens with one attached hydrogen (secondary N) is 1. The molecule has 0 aliphatic heterocycles. The van der Waals surface area contributed by atoms with E-state index in [1.54, 1.807) is 0 Å². The summed E-state index contributed by atoms with van der Waals surface area (Å²) in [5.74, 6) is 2.44. The van der Waals surface area contributed by atoms with Gasteiger partial charge in [0.05, 0.1) is 6.04 Å². The van der Waals surface area contributed by atoms with Crippen molar-refractivity contribution >= 4 is 5.91 Å². The van der Waals surface area contributed by atoms with Gasteiger partial charge in [-0.15, -0.1) is 12.3 Å². The fourth-order valence-corrected chi connectivity index (χ4v) is 1.63. The third kappa shape index (κ3) is 5.51. The van der Waals surface area contributed by atoms with Gasteiger partial charge in [-0.25, -0.2) is 0 Å². The van der Waals surface area contributed by atoms with Crippen molar-refractivity contribution in [1.29, 1.82) is 0 Å². The lowest BCUT2D eigenvalue weighted by atomic mass is 10.1. The minimum Gasteiger partial charge on any atom is -0.355 e. The SMILES string of the molecule is C#CCCCNC(=O)C(N)CCc1ccccc1. The number of carbonyl (C=O) groups excluding carboxylic acids is 1. The molecule has 0 saturated carbocycles. The maximum Gasteiger partial charge on any atom is 0.236 e. The van der Waals surface area contributed by atoms with Crippen molar-refractivity contribution in [1.82, 2.24) is 5.32 Å². The summed E-state index contributed by atoms with van der Waals surface area (Å²) >= 11 is 0. The highest BCUT2D eigenvalue weighted by atomic mass is 16.2. The highest BCUT2D eigenvalue weighted by Gasteiger charge is 2.12. The first-order chi connectivity index (χ1) is 8.74. The quantitative estimate of drug-likeness (QED) is 0.564. The van der Waals surface area contributed by atoms with E-state index in [1.165, 1.54) is 5.56 Å². The van der Waals surface area contributed by atoms with E-state index >= 15 is 0 Å². The van der Waals surface area contributed by atoms with Crippen LogP contribution in [0.25, 0.3) is 0 Å². The van der Waals surface area contributed by atoms with Crippen LogP contribution in [0.5, 0.6) is 0 Å². The first kappa shape index (κ1) is 14.3. The second-order valence-electron chi connectivity index (χ2n) is 4.23. The van der Waals surface area contributed by atoms with Gasteiger partial charge in [-0.3, -0.25) is 4.79 Å². The molecular weight excluding hydrogens is 224 g/mol. The summed E-state index contributed by atoms with van der Waals surface area (Å²) < 4.78 is 0. The highest BCUT2D eigenvalue weighted by molar-refractivity contribution is 5.81. The largest absolute Gasteiger partial charge is 0.355 e. The number of hydrogen-bond donors (Lipinski definition) is 2. The molecule has 0 bridgehead atoms. The van der Waals surface area contributed by atoms with Crippen LogP contribution in [0.15, 0.2) is 30.3 Å². The van der Waals surface area contributed by atoms with Crippen LogP contribution < -0.4 is 11.1 Å². The first-order valence-corrected chi connectivity index (χ1v) is 6.24. The van der Waals surface area contributed by atoms with Crippen LogP contribution >= 0.6 is 0 Å². The van der Waals surface area contributed by atoms with E-state index in [1.807, 2.05) is 30.3 Å². The number of amides is 1. The van der Waals surface area contributed by atoms with Crippen LogP contribution in [0.2, 0.25) is 0 Å². The predicted octanol–water partition coefficient (Wildman–Crippen LogP) is 1.48. The second kappa shape index (κ2) is 8.32. The number of carbonyl (C=O) groups is 1. The number of rotatable bonds is 7. The number of hydrogen-bond acceptors (Lipinski definition) is 2. The van der Waals surface area contributed by atoms with Crippen molar-refractivity contribution in [2.45, 2.75) is 31.7 Å². The van der Waals surface area contributed by atoms with E-state index < -0.39 is 6.04 Å². The summed E-state index contributed by atoms with van der Waals surface area (Å²) in [6.07, 6.45) is 8.09. The van der Waals surface area contributed by atoms with Gasteiger partial charge >= 0.3 is 0 Å². The Balaban J connectivity index is 2.22. The minimum absolute atomic E-state index is 0.0945. The molecule has 1 atom stereocenters. The average molecular weight is 244 g/mol. The zero-order chi connectivity index (χ0) is 13.2. The number of benzene rings is 1. The summed E-state index contributed by atoms with van der Waals surface area (Å²) in [6.45, 7) is 0.599. The monoisotopic (exact) mass is 244 g/mol. The Morgan fingerprint density at radius 2 is 2.11 bits per heavy atom. The summed E-state index contributed by atoms with van der Waals surface area (Å²) in [5, 5.41) is 2.79. The van der Waals surface area contributed by atoms with Gasteiger partial charge in [-0.1, -0.05) is 30.3 Å². The highest BCUT2D eigenvalue weighted by Crippen LogP contribution is 2.04. The Hall–Kier alpha value is -1.79. The van der Waals surface area contributed by atoms with E-state index in [-0.39, 0.29) is 5.91 Å². The molecule has 0 aliphatic carbocycles. The van der Waals surface area contributed by atoms with Crippen molar-refractivity contribution in [2.75, 3.05) is 6.54 Å². The molecule has 3 nitrogen and oxygen atoms in total. The van der Waals surface area contributed by atoms with Crippen LogP contribution in [0.4, 0.5) is 0 Å². The van der Waals surface area contributed by atoms with Gasteiger partial charge in [0.25, 0.3) is 0 Å². The molecular formula is C15H20N2O. The molecule has 1 rings (SSSR count). The number of aryl methyl sites for hydroxylation is 1.